The number of unbranched alkanes of at least 4 members (excludes halogenated alkanes) is 27. The highest BCUT2D eigenvalue weighted by atomic mass is 16.6. The largest absolute Gasteiger partial charge is 0.462 e. The number of ether oxygens (including phenoxy) is 3. The first-order valence-corrected chi connectivity index (χ1v) is 31.4. The van der Waals surface area contributed by atoms with Crippen molar-refractivity contribution < 1.29 is 28.6 Å². The van der Waals surface area contributed by atoms with Crippen LogP contribution in [0.25, 0.3) is 0 Å². The van der Waals surface area contributed by atoms with Gasteiger partial charge in [0.05, 0.1) is 0 Å². The third-order valence-electron chi connectivity index (χ3n) is 13.2. The predicted octanol–water partition coefficient (Wildman–Crippen LogP) is 21.4. The van der Waals surface area contributed by atoms with Crippen molar-refractivity contribution in [2.45, 2.75) is 297 Å². The molecule has 1 unspecified atom stereocenters. The molecule has 0 amide bonds. The summed E-state index contributed by atoms with van der Waals surface area (Å²) in [4.78, 5) is 38.2. The maximum Gasteiger partial charge on any atom is 0.306 e. The van der Waals surface area contributed by atoms with Crippen molar-refractivity contribution >= 4 is 17.9 Å². The van der Waals surface area contributed by atoms with Gasteiger partial charge in [0, 0.05) is 19.3 Å². The molecule has 0 aromatic heterocycles. The molecule has 0 saturated heterocycles. The van der Waals surface area contributed by atoms with Crippen LogP contribution in [-0.4, -0.2) is 37.2 Å². The van der Waals surface area contributed by atoms with Gasteiger partial charge in [0.2, 0.25) is 0 Å². The summed E-state index contributed by atoms with van der Waals surface area (Å²) in [6, 6.07) is 0. The van der Waals surface area contributed by atoms with Crippen molar-refractivity contribution in [3.05, 3.63) is 109 Å². The summed E-state index contributed by atoms with van der Waals surface area (Å²) >= 11 is 0. The lowest BCUT2D eigenvalue weighted by Gasteiger charge is -2.18. The number of esters is 3. The quantitative estimate of drug-likeness (QED) is 0.0261. The first-order valence-electron chi connectivity index (χ1n) is 31.4. The van der Waals surface area contributed by atoms with Gasteiger partial charge in [0.15, 0.2) is 6.10 Å². The predicted molar refractivity (Wildman–Crippen MR) is 325 cm³/mol. The average Bonchev–Trinajstić information content (AvgIpc) is 3.41. The molecule has 6 nitrogen and oxygen atoms in total. The van der Waals surface area contributed by atoms with Crippen LogP contribution in [0.4, 0.5) is 0 Å². The van der Waals surface area contributed by atoms with E-state index < -0.39 is 6.10 Å². The maximum atomic E-state index is 12.9. The molecular weight excluding hydrogens is 925 g/mol. The van der Waals surface area contributed by atoms with Gasteiger partial charge in [-0.25, -0.2) is 0 Å². The van der Waals surface area contributed by atoms with E-state index in [2.05, 4.69) is 130 Å². The van der Waals surface area contributed by atoms with E-state index in [4.69, 9.17) is 14.2 Å². The van der Waals surface area contributed by atoms with E-state index in [1.54, 1.807) is 0 Å². The summed E-state index contributed by atoms with van der Waals surface area (Å²) in [5.74, 6) is -0.899. The minimum atomic E-state index is -0.788. The van der Waals surface area contributed by atoms with Crippen LogP contribution in [0, 0.1) is 0 Å². The van der Waals surface area contributed by atoms with Crippen LogP contribution in [0.5, 0.6) is 0 Å². The molecule has 0 radical (unpaired) electrons. The van der Waals surface area contributed by atoms with E-state index in [0.29, 0.717) is 19.3 Å². The highest BCUT2D eigenvalue weighted by Crippen LogP contribution is 2.16. The molecule has 0 bridgehead atoms. The summed E-state index contributed by atoms with van der Waals surface area (Å²) in [6.45, 7) is 6.38. The number of hydrogen-bond acceptors (Lipinski definition) is 6. The van der Waals surface area contributed by atoms with Gasteiger partial charge in [-0.05, 0) is 116 Å². The molecule has 0 spiro atoms. The highest BCUT2D eigenvalue weighted by Gasteiger charge is 2.19. The second-order valence-corrected chi connectivity index (χ2v) is 20.5. The fourth-order valence-electron chi connectivity index (χ4n) is 8.58. The Labute approximate surface area is 463 Å². The third kappa shape index (κ3) is 60.8. The van der Waals surface area contributed by atoms with Gasteiger partial charge in [0.25, 0.3) is 0 Å². The lowest BCUT2D eigenvalue weighted by molar-refractivity contribution is -0.167. The summed E-state index contributed by atoms with van der Waals surface area (Å²) in [7, 11) is 0. The maximum absolute atomic E-state index is 12.9. The van der Waals surface area contributed by atoms with Crippen molar-refractivity contribution in [1.29, 1.82) is 0 Å². The van der Waals surface area contributed by atoms with Gasteiger partial charge in [-0.2, -0.15) is 0 Å². The summed E-state index contributed by atoms with van der Waals surface area (Å²) in [5.41, 5.74) is 0. The highest BCUT2D eigenvalue weighted by molar-refractivity contribution is 5.71. The Kier molecular flexibility index (Phi) is 59.3. The van der Waals surface area contributed by atoms with Gasteiger partial charge in [0.1, 0.15) is 13.2 Å². The third-order valence-corrected chi connectivity index (χ3v) is 13.2. The van der Waals surface area contributed by atoms with Crippen molar-refractivity contribution in [3.8, 4) is 0 Å². The van der Waals surface area contributed by atoms with Crippen LogP contribution >= 0.6 is 0 Å². The Morgan fingerprint density at radius 2 is 0.520 bits per heavy atom. The fraction of sp³-hybridized carbons (Fsp3) is 0.696. The standard InChI is InChI=1S/C69H116O6/c1-4-7-10-13-16-19-22-24-26-28-30-32-33-34-35-37-38-40-42-44-47-50-53-56-59-62-68(71)74-65-66(64-73-67(70)61-58-55-52-49-46-21-18-15-12-9-6-3)75-69(72)63-60-57-54-51-48-45-43-41-39-36-31-29-27-25-23-20-17-14-11-8-5-2/h7-8,10-11,15-20,24-27,30-32,36,66H,4-6,9,12-14,21-23,28-29,33-35,37-65H2,1-3H3/b10-7-,11-8-,18-15-,19-16-,20-17-,26-24-,27-25-,32-30-,36-31-. The van der Waals surface area contributed by atoms with Crippen molar-refractivity contribution in [3.63, 3.8) is 0 Å². The molecule has 0 N–H and O–H groups in total. The van der Waals surface area contributed by atoms with Crippen molar-refractivity contribution in [2.24, 2.45) is 0 Å². The molecule has 1 atom stereocenters. The Morgan fingerprint density at radius 3 is 0.827 bits per heavy atom. The molecule has 0 aliphatic heterocycles. The smallest absolute Gasteiger partial charge is 0.306 e. The first-order chi connectivity index (χ1) is 37.0. The van der Waals surface area contributed by atoms with Crippen LogP contribution in [-0.2, 0) is 28.6 Å². The molecule has 0 heterocycles. The van der Waals surface area contributed by atoms with Crippen molar-refractivity contribution in [2.75, 3.05) is 13.2 Å². The number of carbonyl (C=O) groups excluding carboxylic acids is 3. The second-order valence-electron chi connectivity index (χ2n) is 20.5. The molecule has 6 heteroatoms. The molecule has 0 aromatic carbocycles. The van der Waals surface area contributed by atoms with Gasteiger partial charge in [-0.1, -0.05) is 265 Å². The average molecular weight is 1040 g/mol. The lowest BCUT2D eigenvalue weighted by Crippen LogP contribution is -2.30. The Bertz CT molecular complexity index is 1520. The minimum absolute atomic E-state index is 0.0850. The normalized spacial score (nSPS) is 12.8. The zero-order valence-corrected chi connectivity index (χ0v) is 49.0. The summed E-state index contributed by atoms with van der Waals surface area (Å²) in [6.07, 6.45) is 85.2. The van der Waals surface area contributed by atoms with Crippen LogP contribution in [0.3, 0.4) is 0 Å². The van der Waals surface area contributed by atoms with E-state index in [9.17, 15) is 14.4 Å². The summed E-state index contributed by atoms with van der Waals surface area (Å²) in [5, 5.41) is 0. The molecule has 0 aliphatic carbocycles. The van der Waals surface area contributed by atoms with Gasteiger partial charge in [-0.15, -0.1) is 0 Å². The minimum Gasteiger partial charge on any atom is -0.462 e. The Morgan fingerprint density at radius 1 is 0.280 bits per heavy atom. The zero-order valence-electron chi connectivity index (χ0n) is 49.0. The van der Waals surface area contributed by atoms with Gasteiger partial charge >= 0.3 is 17.9 Å². The fourth-order valence-corrected chi connectivity index (χ4v) is 8.58. The van der Waals surface area contributed by atoms with E-state index in [1.165, 1.54) is 128 Å². The number of allylic oxidation sites excluding steroid dienone is 18. The van der Waals surface area contributed by atoms with Crippen LogP contribution in [0.15, 0.2) is 109 Å². The van der Waals surface area contributed by atoms with Gasteiger partial charge < -0.3 is 14.2 Å². The lowest BCUT2D eigenvalue weighted by atomic mass is 10.0. The number of carbonyl (C=O) groups is 3. The Hall–Kier alpha value is -3.93. The van der Waals surface area contributed by atoms with E-state index in [-0.39, 0.29) is 31.1 Å². The first kappa shape index (κ1) is 71.1. The molecule has 428 valence electrons. The zero-order chi connectivity index (χ0) is 54.3. The molecule has 75 heavy (non-hydrogen) atoms. The van der Waals surface area contributed by atoms with Crippen LogP contribution in [0.1, 0.15) is 290 Å². The van der Waals surface area contributed by atoms with Gasteiger partial charge in [-0.3, -0.25) is 14.4 Å². The van der Waals surface area contributed by atoms with Crippen LogP contribution in [0.2, 0.25) is 0 Å². The van der Waals surface area contributed by atoms with E-state index in [0.717, 1.165) is 122 Å². The second kappa shape index (κ2) is 62.6. The Balaban J connectivity index is 4.30. The molecule has 0 fully saturated rings. The SMILES string of the molecule is CC/C=C\C/C=C\C/C=C\C/C=C\CCCCCCCCCCCCCCC(=O)OCC(COC(=O)CCCCCCC/C=C\CCCC)OC(=O)CCCCCCCCCC/C=C\C/C=C\C/C=C\C/C=C\CC. The molecular formula is C69H116O6. The van der Waals surface area contributed by atoms with E-state index >= 15 is 0 Å². The van der Waals surface area contributed by atoms with Crippen molar-refractivity contribution in [1.82, 2.24) is 0 Å². The summed E-state index contributed by atoms with van der Waals surface area (Å²) < 4.78 is 16.9. The van der Waals surface area contributed by atoms with E-state index in [1.807, 2.05) is 0 Å². The number of hydrogen-bond donors (Lipinski definition) is 0. The molecule has 0 saturated carbocycles. The van der Waals surface area contributed by atoms with Crippen LogP contribution < -0.4 is 0 Å². The topological polar surface area (TPSA) is 78.9 Å². The monoisotopic (exact) mass is 1040 g/mol. The molecule has 0 rings (SSSR count). The molecule has 0 aliphatic rings. The molecule has 0 aromatic rings. The number of rotatable bonds is 56.